The molecule has 0 aliphatic rings. The lowest BCUT2D eigenvalue weighted by molar-refractivity contribution is 0.402. The van der Waals surface area contributed by atoms with Crippen molar-refractivity contribution >= 4 is 12.6 Å². The van der Waals surface area contributed by atoms with E-state index in [9.17, 15) is 0 Å². The largest absolute Gasteiger partial charge is 0.329 e. The van der Waals surface area contributed by atoms with Gasteiger partial charge in [-0.05, 0) is 13.8 Å². The van der Waals surface area contributed by atoms with Crippen LogP contribution in [-0.4, -0.2) is 23.9 Å². The first-order valence-electron chi connectivity index (χ1n) is 3.61. The van der Waals surface area contributed by atoms with E-state index >= 15 is 0 Å². The van der Waals surface area contributed by atoms with Crippen molar-refractivity contribution in [3.05, 3.63) is 0 Å². The van der Waals surface area contributed by atoms with Gasteiger partial charge in [0, 0.05) is 23.9 Å². The molecule has 0 saturated heterocycles. The van der Waals surface area contributed by atoms with Crippen molar-refractivity contribution in [3.8, 4) is 0 Å². The zero-order valence-electron chi connectivity index (χ0n) is 7.02. The number of hydrogen-bond donors (Lipinski definition) is 3. The molecule has 0 saturated carbocycles. The zero-order valence-corrected chi connectivity index (χ0v) is 7.91. The highest BCUT2D eigenvalue weighted by Gasteiger charge is 2.13. The van der Waals surface area contributed by atoms with Crippen LogP contribution >= 0.6 is 12.6 Å². The van der Waals surface area contributed by atoms with Gasteiger partial charge in [0.2, 0.25) is 0 Å². The second-order valence-electron chi connectivity index (χ2n) is 3.32. The average Bonchev–Trinajstić information content (AvgIpc) is 1.85. The zero-order chi connectivity index (χ0) is 8.20. The summed E-state index contributed by atoms with van der Waals surface area (Å²) in [5, 5.41) is 3.70. The highest BCUT2D eigenvalue weighted by Crippen LogP contribution is 1.99. The van der Waals surface area contributed by atoms with E-state index in [4.69, 9.17) is 5.73 Å². The van der Waals surface area contributed by atoms with Crippen LogP contribution in [0.3, 0.4) is 0 Å². The Kier molecular flexibility index (Phi) is 4.32. The van der Waals surface area contributed by atoms with Gasteiger partial charge in [-0.3, -0.25) is 0 Å². The Labute approximate surface area is 69.0 Å². The normalized spacial score (nSPS) is 15.3. The van der Waals surface area contributed by atoms with Gasteiger partial charge in [0.1, 0.15) is 0 Å². The maximum absolute atomic E-state index is 5.51. The highest BCUT2D eigenvalue weighted by atomic mass is 32.1. The summed E-state index contributed by atoms with van der Waals surface area (Å²) in [6.45, 7) is 7.80. The summed E-state index contributed by atoms with van der Waals surface area (Å²) in [5.41, 5.74) is 5.56. The Morgan fingerprint density at radius 3 is 2.40 bits per heavy atom. The fraction of sp³-hybridized carbons (Fsp3) is 1.00. The molecule has 62 valence electrons. The van der Waals surface area contributed by atoms with Crippen molar-refractivity contribution in [2.24, 2.45) is 5.73 Å². The van der Waals surface area contributed by atoms with Crippen LogP contribution in [0.25, 0.3) is 0 Å². The standard InChI is InChI=1S/C7H18N2S/c1-6(10)4-9-7(2,3)5-8/h6,9-10H,4-5,8H2,1-3H3. The Hall–Kier alpha value is 0.270. The molecule has 0 aromatic rings. The molecule has 3 N–H and O–H groups in total. The van der Waals surface area contributed by atoms with E-state index in [2.05, 4.69) is 38.7 Å². The summed E-state index contributed by atoms with van der Waals surface area (Å²) >= 11 is 4.25. The minimum Gasteiger partial charge on any atom is -0.329 e. The molecule has 1 unspecified atom stereocenters. The van der Waals surface area contributed by atoms with Crippen LogP contribution in [0.5, 0.6) is 0 Å². The molecule has 0 aromatic heterocycles. The summed E-state index contributed by atoms with van der Waals surface area (Å²) < 4.78 is 0. The first-order chi connectivity index (χ1) is 4.48. The predicted molar refractivity (Wildman–Crippen MR) is 49.6 cm³/mol. The topological polar surface area (TPSA) is 38.0 Å². The van der Waals surface area contributed by atoms with Crippen molar-refractivity contribution in [2.45, 2.75) is 31.6 Å². The van der Waals surface area contributed by atoms with E-state index in [1.54, 1.807) is 0 Å². The SMILES string of the molecule is CC(S)CNC(C)(C)CN. The molecule has 0 rings (SSSR count). The summed E-state index contributed by atoms with van der Waals surface area (Å²) in [5.74, 6) is 0. The van der Waals surface area contributed by atoms with Gasteiger partial charge >= 0.3 is 0 Å². The van der Waals surface area contributed by atoms with Gasteiger partial charge in [0.05, 0.1) is 0 Å². The van der Waals surface area contributed by atoms with Crippen LogP contribution in [0.1, 0.15) is 20.8 Å². The third kappa shape index (κ3) is 5.09. The Morgan fingerprint density at radius 1 is 1.60 bits per heavy atom. The first-order valence-corrected chi connectivity index (χ1v) is 4.13. The lowest BCUT2D eigenvalue weighted by Crippen LogP contribution is -2.47. The van der Waals surface area contributed by atoms with Crippen LogP contribution in [0.15, 0.2) is 0 Å². The maximum atomic E-state index is 5.51. The van der Waals surface area contributed by atoms with Crippen molar-refractivity contribution in [3.63, 3.8) is 0 Å². The molecule has 0 bridgehead atoms. The number of nitrogens with two attached hydrogens (primary N) is 1. The van der Waals surface area contributed by atoms with Crippen molar-refractivity contribution in [1.82, 2.24) is 5.32 Å². The minimum atomic E-state index is 0.0526. The molecular formula is C7H18N2S. The van der Waals surface area contributed by atoms with Crippen LogP contribution in [0, 0.1) is 0 Å². The second-order valence-corrected chi connectivity index (χ2v) is 4.20. The van der Waals surface area contributed by atoms with E-state index in [1.165, 1.54) is 0 Å². The molecule has 0 aliphatic carbocycles. The minimum absolute atomic E-state index is 0.0526. The summed E-state index contributed by atoms with van der Waals surface area (Å²) in [4.78, 5) is 0. The van der Waals surface area contributed by atoms with Gasteiger partial charge < -0.3 is 11.1 Å². The fourth-order valence-electron chi connectivity index (χ4n) is 0.496. The van der Waals surface area contributed by atoms with Crippen LogP contribution < -0.4 is 11.1 Å². The lowest BCUT2D eigenvalue weighted by atomic mass is 10.1. The van der Waals surface area contributed by atoms with Gasteiger partial charge in [-0.2, -0.15) is 12.6 Å². The third-order valence-corrected chi connectivity index (χ3v) is 1.57. The van der Waals surface area contributed by atoms with E-state index in [0.717, 1.165) is 6.54 Å². The molecule has 1 atom stereocenters. The number of hydrogen-bond acceptors (Lipinski definition) is 3. The molecule has 0 spiro atoms. The monoisotopic (exact) mass is 162 g/mol. The van der Waals surface area contributed by atoms with Gasteiger partial charge in [-0.25, -0.2) is 0 Å². The first kappa shape index (κ1) is 10.3. The highest BCUT2D eigenvalue weighted by molar-refractivity contribution is 7.80. The van der Waals surface area contributed by atoms with E-state index in [-0.39, 0.29) is 5.54 Å². The van der Waals surface area contributed by atoms with Gasteiger partial charge in [-0.15, -0.1) is 0 Å². The van der Waals surface area contributed by atoms with Crippen LogP contribution in [-0.2, 0) is 0 Å². The van der Waals surface area contributed by atoms with Crippen molar-refractivity contribution in [2.75, 3.05) is 13.1 Å². The molecule has 0 heterocycles. The van der Waals surface area contributed by atoms with E-state index in [1.807, 2.05) is 0 Å². The summed E-state index contributed by atoms with van der Waals surface area (Å²) in [7, 11) is 0. The number of thiol groups is 1. The molecule has 0 aromatic carbocycles. The molecule has 3 heteroatoms. The van der Waals surface area contributed by atoms with Crippen molar-refractivity contribution < 1.29 is 0 Å². The molecule has 0 radical (unpaired) electrons. The van der Waals surface area contributed by atoms with Gasteiger partial charge in [0.15, 0.2) is 0 Å². The molecule has 10 heavy (non-hydrogen) atoms. The molecule has 0 amide bonds. The third-order valence-electron chi connectivity index (χ3n) is 1.39. The Bertz CT molecular complexity index is 91.6. The Morgan fingerprint density at radius 2 is 2.10 bits per heavy atom. The maximum Gasteiger partial charge on any atom is 0.0247 e. The lowest BCUT2D eigenvalue weighted by Gasteiger charge is -2.25. The van der Waals surface area contributed by atoms with Gasteiger partial charge in [-0.1, -0.05) is 6.92 Å². The number of rotatable bonds is 4. The quantitative estimate of drug-likeness (QED) is 0.531. The van der Waals surface area contributed by atoms with Gasteiger partial charge in [0.25, 0.3) is 0 Å². The van der Waals surface area contributed by atoms with Crippen LogP contribution in [0.4, 0.5) is 0 Å². The van der Waals surface area contributed by atoms with Crippen LogP contribution in [0.2, 0.25) is 0 Å². The predicted octanol–water partition coefficient (Wildman–Crippen LogP) is 0.632. The molecule has 2 nitrogen and oxygen atoms in total. The fourth-order valence-corrected chi connectivity index (χ4v) is 0.587. The van der Waals surface area contributed by atoms with E-state index in [0.29, 0.717) is 11.8 Å². The Balaban J connectivity index is 3.46. The van der Waals surface area contributed by atoms with Crippen molar-refractivity contribution in [1.29, 1.82) is 0 Å². The van der Waals surface area contributed by atoms with E-state index < -0.39 is 0 Å². The number of nitrogens with one attached hydrogen (secondary N) is 1. The second kappa shape index (κ2) is 4.21. The molecule has 0 aliphatic heterocycles. The summed E-state index contributed by atoms with van der Waals surface area (Å²) in [6.07, 6.45) is 0. The molecule has 0 fully saturated rings. The summed E-state index contributed by atoms with van der Waals surface area (Å²) in [6, 6.07) is 0. The average molecular weight is 162 g/mol. The molecular weight excluding hydrogens is 144 g/mol. The smallest absolute Gasteiger partial charge is 0.0247 e.